The number of hydrogen-bond acceptors (Lipinski definition) is 6. The Bertz CT molecular complexity index is 1000. The van der Waals surface area contributed by atoms with Crippen molar-refractivity contribution in [2.24, 2.45) is 4.99 Å². The lowest BCUT2D eigenvalue weighted by molar-refractivity contribution is -0.138. The molecule has 4 rings (SSSR count). The number of anilines is 1. The van der Waals surface area contributed by atoms with Gasteiger partial charge in [-0.3, -0.25) is 0 Å². The van der Waals surface area contributed by atoms with Crippen LogP contribution < -0.4 is 4.90 Å². The SMILES string of the molecule is CCOC(=O)C1=C(O)/C(=C\c2ccc(N3CCCC3)cc2)SC1=Nc1ccccc1. The van der Waals surface area contributed by atoms with Crippen LogP contribution in [0, 0.1) is 0 Å². The highest BCUT2D eigenvalue weighted by molar-refractivity contribution is 8.18. The van der Waals surface area contributed by atoms with E-state index in [2.05, 4.69) is 22.0 Å². The summed E-state index contributed by atoms with van der Waals surface area (Å²) in [5.41, 5.74) is 3.00. The number of aliphatic hydroxyl groups excluding tert-OH is 1. The van der Waals surface area contributed by atoms with Gasteiger partial charge >= 0.3 is 5.97 Å². The molecule has 0 aromatic heterocycles. The summed E-state index contributed by atoms with van der Waals surface area (Å²) in [6, 6.07) is 17.6. The summed E-state index contributed by atoms with van der Waals surface area (Å²) in [7, 11) is 0. The Labute approximate surface area is 180 Å². The third-order valence-electron chi connectivity index (χ3n) is 5.02. The van der Waals surface area contributed by atoms with Crippen LogP contribution in [0.3, 0.4) is 0 Å². The van der Waals surface area contributed by atoms with Crippen LogP contribution in [-0.4, -0.2) is 35.8 Å². The van der Waals surface area contributed by atoms with Crippen LogP contribution in [0.15, 0.2) is 75.8 Å². The van der Waals surface area contributed by atoms with Crippen molar-refractivity contribution in [3.05, 3.63) is 76.4 Å². The first-order valence-electron chi connectivity index (χ1n) is 10.1. The molecule has 0 spiro atoms. The van der Waals surface area contributed by atoms with Gasteiger partial charge in [0.1, 0.15) is 16.4 Å². The quantitative estimate of drug-likeness (QED) is 0.649. The molecule has 0 radical (unpaired) electrons. The highest BCUT2D eigenvalue weighted by Crippen LogP contribution is 2.40. The normalized spacial score (nSPS) is 19.2. The average Bonchev–Trinajstić information content (AvgIpc) is 3.39. The number of carbonyl (C=O) groups excluding carboxylic acids is 1. The van der Waals surface area contributed by atoms with E-state index in [1.54, 1.807) is 6.92 Å². The van der Waals surface area contributed by atoms with Crippen molar-refractivity contribution in [2.45, 2.75) is 19.8 Å². The summed E-state index contributed by atoms with van der Waals surface area (Å²) in [6.45, 7) is 4.17. The van der Waals surface area contributed by atoms with Crippen molar-refractivity contribution in [1.29, 1.82) is 0 Å². The minimum Gasteiger partial charge on any atom is -0.506 e. The van der Waals surface area contributed by atoms with Gasteiger partial charge in [-0.25, -0.2) is 9.79 Å². The molecule has 1 fully saturated rings. The van der Waals surface area contributed by atoms with Crippen LogP contribution in [0.25, 0.3) is 6.08 Å². The molecule has 6 heteroatoms. The molecule has 5 nitrogen and oxygen atoms in total. The molecule has 2 aromatic rings. The second kappa shape index (κ2) is 9.22. The lowest BCUT2D eigenvalue weighted by Crippen LogP contribution is -2.17. The van der Waals surface area contributed by atoms with Gasteiger partial charge in [0.25, 0.3) is 0 Å². The van der Waals surface area contributed by atoms with Crippen molar-refractivity contribution in [2.75, 3.05) is 24.6 Å². The Morgan fingerprint density at radius 1 is 1.13 bits per heavy atom. The fraction of sp³-hybridized carbons (Fsp3) is 0.250. The first-order chi connectivity index (χ1) is 14.7. The van der Waals surface area contributed by atoms with E-state index in [1.165, 1.54) is 30.3 Å². The molecule has 2 aliphatic rings. The maximum absolute atomic E-state index is 12.5. The second-order valence-corrected chi connectivity index (χ2v) is 8.12. The summed E-state index contributed by atoms with van der Waals surface area (Å²) in [5, 5.41) is 11.2. The Balaban J connectivity index is 1.64. The minimum absolute atomic E-state index is 0.0863. The molecule has 1 N–H and O–H groups in total. The number of aliphatic hydroxyl groups is 1. The highest BCUT2D eigenvalue weighted by Gasteiger charge is 2.33. The number of para-hydroxylation sites is 1. The molecule has 0 bridgehead atoms. The number of thioether (sulfide) groups is 1. The molecule has 0 unspecified atom stereocenters. The van der Waals surface area contributed by atoms with Crippen molar-refractivity contribution in [3.8, 4) is 0 Å². The van der Waals surface area contributed by atoms with Crippen molar-refractivity contribution < 1.29 is 14.6 Å². The standard InChI is InChI=1S/C24H24N2O3S/c1-2-29-24(28)21-22(27)20(30-23(21)25-18-8-4-3-5-9-18)16-17-10-12-19(13-11-17)26-14-6-7-15-26/h3-5,8-13,16,27H,2,6-7,14-15H2,1H3/b20-16+,25-23?. The molecule has 1 saturated heterocycles. The first-order valence-corrected chi connectivity index (χ1v) is 11.0. The van der Waals surface area contributed by atoms with Gasteiger partial charge in [-0.1, -0.05) is 42.1 Å². The van der Waals surface area contributed by atoms with E-state index in [0.29, 0.717) is 15.6 Å². The maximum Gasteiger partial charge on any atom is 0.344 e. The van der Waals surface area contributed by atoms with E-state index in [0.717, 1.165) is 18.7 Å². The van der Waals surface area contributed by atoms with Crippen LogP contribution in [0.1, 0.15) is 25.3 Å². The topological polar surface area (TPSA) is 62.1 Å². The van der Waals surface area contributed by atoms with Gasteiger partial charge in [-0.05, 0) is 55.7 Å². The molecule has 2 aliphatic heterocycles. The molecule has 2 heterocycles. The van der Waals surface area contributed by atoms with Gasteiger partial charge in [-0.15, -0.1) is 0 Å². The molecule has 30 heavy (non-hydrogen) atoms. The van der Waals surface area contributed by atoms with Crippen molar-refractivity contribution in [3.63, 3.8) is 0 Å². The largest absolute Gasteiger partial charge is 0.506 e. The van der Waals surface area contributed by atoms with Gasteiger partial charge in [0.15, 0.2) is 0 Å². The summed E-state index contributed by atoms with van der Waals surface area (Å²) in [6.07, 6.45) is 4.35. The van der Waals surface area contributed by atoms with Gasteiger partial charge < -0.3 is 14.7 Å². The fourth-order valence-electron chi connectivity index (χ4n) is 3.52. The van der Waals surface area contributed by atoms with E-state index in [9.17, 15) is 9.90 Å². The number of esters is 1. The Morgan fingerprint density at radius 2 is 1.83 bits per heavy atom. The van der Waals surface area contributed by atoms with Crippen LogP contribution in [0.5, 0.6) is 0 Å². The van der Waals surface area contributed by atoms with E-state index >= 15 is 0 Å². The molecule has 0 atom stereocenters. The number of hydrogen-bond donors (Lipinski definition) is 1. The molecule has 0 saturated carbocycles. The molecular formula is C24H24N2O3S. The van der Waals surface area contributed by atoms with Gasteiger partial charge in [0.05, 0.1) is 17.2 Å². The highest BCUT2D eigenvalue weighted by atomic mass is 32.2. The average molecular weight is 421 g/mol. The number of rotatable bonds is 5. The van der Waals surface area contributed by atoms with E-state index in [-0.39, 0.29) is 17.9 Å². The smallest absolute Gasteiger partial charge is 0.344 e. The summed E-state index contributed by atoms with van der Waals surface area (Å²) < 4.78 is 5.15. The maximum atomic E-state index is 12.5. The summed E-state index contributed by atoms with van der Waals surface area (Å²) in [5.74, 6) is -0.651. The first kappa shape index (κ1) is 20.3. The Hall–Kier alpha value is -2.99. The summed E-state index contributed by atoms with van der Waals surface area (Å²) >= 11 is 1.28. The number of ether oxygens (including phenoxy) is 1. The second-order valence-electron chi connectivity index (χ2n) is 7.09. The third kappa shape index (κ3) is 4.44. The van der Waals surface area contributed by atoms with Crippen LogP contribution >= 0.6 is 11.8 Å². The predicted molar refractivity (Wildman–Crippen MR) is 123 cm³/mol. The van der Waals surface area contributed by atoms with Gasteiger partial charge in [0.2, 0.25) is 0 Å². The van der Waals surface area contributed by atoms with E-state index in [1.807, 2.05) is 48.5 Å². The molecule has 154 valence electrons. The number of carbonyl (C=O) groups is 1. The van der Waals surface area contributed by atoms with Crippen LogP contribution in [-0.2, 0) is 9.53 Å². The van der Waals surface area contributed by atoms with E-state index in [4.69, 9.17) is 4.74 Å². The fourth-order valence-corrected chi connectivity index (χ4v) is 4.55. The lowest BCUT2D eigenvalue weighted by Gasteiger charge is -2.17. The van der Waals surface area contributed by atoms with Gasteiger partial charge in [-0.2, -0.15) is 0 Å². The molecule has 0 amide bonds. The zero-order chi connectivity index (χ0) is 20.9. The molecule has 2 aromatic carbocycles. The Morgan fingerprint density at radius 3 is 2.50 bits per heavy atom. The minimum atomic E-state index is -0.565. The molecular weight excluding hydrogens is 396 g/mol. The van der Waals surface area contributed by atoms with Crippen LogP contribution in [0.2, 0.25) is 0 Å². The zero-order valence-electron chi connectivity index (χ0n) is 16.9. The monoisotopic (exact) mass is 420 g/mol. The number of benzene rings is 2. The summed E-state index contributed by atoms with van der Waals surface area (Å²) in [4.78, 5) is 20.0. The van der Waals surface area contributed by atoms with Crippen molar-refractivity contribution >= 4 is 40.2 Å². The third-order valence-corrected chi connectivity index (χ3v) is 6.04. The van der Waals surface area contributed by atoms with Crippen LogP contribution in [0.4, 0.5) is 11.4 Å². The number of nitrogens with zero attached hydrogens (tertiary/aromatic N) is 2. The lowest BCUT2D eigenvalue weighted by atomic mass is 10.1. The molecule has 0 aliphatic carbocycles. The predicted octanol–water partition coefficient (Wildman–Crippen LogP) is 5.48. The van der Waals surface area contributed by atoms with Gasteiger partial charge in [0, 0.05) is 18.8 Å². The Kier molecular flexibility index (Phi) is 6.23. The van der Waals surface area contributed by atoms with Crippen molar-refractivity contribution in [1.82, 2.24) is 0 Å². The van der Waals surface area contributed by atoms with E-state index < -0.39 is 5.97 Å². The number of aliphatic imine (C=N–C) groups is 1. The zero-order valence-corrected chi connectivity index (χ0v) is 17.7.